The second kappa shape index (κ2) is 9.39. The van der Waals surface area contributed by atoms with Crippen LogP contribution < -0.4 is 15.6 Å². The second-order valence-corrected chi connectivity index (χ2v) is 7.52. The zero-order valence-corrected chi connectivity index (χ0v) is 16.8. The van der Waals surface area contributed by atoms with Crippen LogP contribution in [0, 0.1) is 0 Å². The summed E-state index contributed by atoms with van der Waals surface area (Å²) in [7, 11) is 0. The number of carbonyl (C=O) groups excluding carboxylic acids is 1. The molecule has 2 aromatic carbocycles. The number of nitrogens with one attached hydrogen (secondary N) is 1. The maximum absolute atomic E-state index is 12.4. The predicted molar refractivity (Wildman–Crippen MR) is 115 cm³/mol. The number of rotatable bonds is 7. The molecule has 154 valence electrons. The van der Waals surface area contributed by atoms with Crippen LogP contribution in [0.4, 0.5) is 0 Å². The zero-order valence-electron chi connectivity index (χ0n) is 16.8. The minimum Gasteiger partial charge on any atom is -0.457 e. The number of ether oxygens (including phenoxy) is 1. The highest BCUT2D eigenvalue weighted by Crippen LogP contribution is 2.32. The topological polar surface area (TPSA) is 73.2 Å². The Hall–Kier alpha value is -3.41. The van der Waals surface area contributed by atoms with E-state index in [-0.39, 0.29) is 11.5 Å². The Morgan fingerprint density at radius 2 is 1.73 bits per heavy atom. The monoisotopic (exact) mass is 403 g/mol. The van der Waals surface area contributed by atoms with Crippen molar-refractivity contribution in [3.63, 3.8) is 0 Å². The molecule has 1 N–H and O–H groups in total. The molecular formula is C24H25N3O3. The van der Waals surface area contributed by atoms with Crippen LogP contribution in [0.15, 0.2) is 71.8 Å². The smallest absolute Gasteiger partial charge is 0.253 e. The maximum Gasteiger partial charge on any atom is 0.253 e. The lowest BCUT2D eigenvalue weighted by atomic mass is 10.0. The number of aromatic nitrogens is 2. The van der Waals surface area contributed by atoms with Gasteiger partial charge in [0, 0.05) is 30.6 Å². The van der Waals surface area contributed by atoms with Gasteiger partial charge in [0.1, 0.15) is 11.5 Å². The summed E-state index contributed by atoms with van der Waals surface area (Å²) >= 11 is 0. The molecule has 1 aliphatic rings. The molecule has 0 atom stereocenters. The van der Waals surface area contributed by atoms with E-state index in [2.05, 4.69) is 10.3 Å². The Balaban J connectivity index is 1.29. The van der Waals surface area contributed by atoms with Crippen LogP contribution in [0.25, 0.3) is 0 Å². The highest BCUT2D eigenvalue weighted by Gasteiger charge is 2.18. The van der Waals surface area contributed by atoms with Gasteiger partial charge in [0.15, 0.2) is 0 Å². The summed E-state index contributed by atoms with van der Waals surface area (Å²) in [5, 5.41) is 2.85. The van der Waals surface area contributed by atoms with Gasteiger partial charge in [-0.1, -0.05) is 31.0 Å². The Morgan fingerprint density at radius 3 is 2.43 bits per heavy atom. The number of hydrogen-bond donors (Lipinski definition) is 1. The molecule has 1 heterocycles. The van der Waals surface area contributed by atoms with Crippen molar-refractivity contribution in [3.8, 4) is 11.5 Å². The van der Waals surface area contributed by atoms with E-state index in [0.717, 1.165) is 24.3 Å². The summed E-state index contributed by atoms with van der Waals surface area (Å²) in [5.41, 5.74) is 1.37. The van der Waals surface area contributed by atoms with Crippen molar-refractivity contribution in [2.75, 3.05) is 6.54 Å². The molecule has 6 nitrogen and oxygen atoms in total. The summed E-state index contributed by atoms with van der Waals surface area (Å²) in [5.74, 6) is 1.64. The van der Waals surface area contributed by atoms with Gasteiger partial charge in [-0.25, -0.2) is 4.98 Å². The van der Waals surface area contributed by atoms with E-state index in [9.17, 15) is 9.59 Å². The van der Waals surface area contributed by atoms with E-state index in [4.69, 9.17) is 4.74 Å². The van der Waals surface area contributed by atoms with E-state index in [1.807, 2.05) is 30.3 Å². The fraction of sp³-hybridized carbons (Fsp3) is 0.292. The van der Waals surface area contributed by atoms with Crippen molar-refractivity contribution in [1.82, 2.24) is 14.9 Å². The number of hydrogen-bond acceptors (Lipinski definition) is 4. The lowest BCUT2D eigenvalue weighted by Crippen LogP contribution is -2.31. The van der Waals surface area contributed by atoms with Crippen LogP contribution in [-0.4, -0.2) is 22.0 Å². The van der Waals surface area contributed by atoms with Crippen molar-refractivity contribution < 1.29 is 9.53 Å². The van der Waals surface area contributed by atoms with Crippen molar-refractivity contribution in [3.05, 3.63) is 88.6 Å². The van der Waals surface area contributed by atoms with Crippen LogP contribution in [0.3, 0.4) is 0 Å². The average Bonchev–Trinajstić information content (AvgIpc) is 3.31. The molecule has 0 saturated heterocycles. The number of carbonyl (C=O) groups is 1. The van der Waals surface area contributed by atoms with E-state index in [0.29, 0.717) is 30.3 Å². The van der Waals surface area contributed by atoms with Gasteiger partial charge in [0.2, 0.25) is 0 Å². The first-order chi connectivity index (χ1) is 14.7. The van der Waals surface area contributed by atoms with Gasteiger partial charge in [0.25, 0.3) is 11.5 Å². The summed E-state index contributed by atoms with van der Waals surface area (Å²) < 4.78 is 7.27. The largest absolute Gasteiger partial charge is 0.457 e. The normalized spacial score (nSPS) is 13.9. The van der Waals surface area contributed by atoms with Gasteiger partial charge < -0.3 is 10.1 Å². The van der Waals surface area contributed by atoms with Crippen LogP contribution >= 0.6 is 0 Å². The number of nitrogens with zero attached hydrogens (tertiary/aromatic N) is 2. The third-order valence-electron chi connectivity index (χ3n) is 5.41. The van der Waals surface area contributed by atoms with Gasteiger partial charge in [0.05, 0.1) is 12.0 Å². The molecule has 0 unspecified atom stereocenters. The van der Waals surface area contributed by atoms with E-state index in [1.54, 1.807) is 36.7 Å². The molecule has 1 aliphatic carbocycles. The summed E-state index contributed by atoms with van der Waals surface area (Å²) in [6.45, 7) is 0.739. The SMILES string of the molecule is O=C(NCCn1cnc(C2CCCC2)cc1=O)c1ccc(Oc2ccccc2)cc1. The average molecular weight is 403 g/mol. The molecule has 30 heavy (non-hydrogen) atoms. The highest BCUT2D eigenvalue weighted by atomic mass is 16.5. The lowest BCUT2D eigenvalue weighted by molar-refractivity contribution is 0.0952. The summed E-state index contributed by atoms with van der Waals surface area (Å²) in [4.78, 5) is 29.1. The van der Waals surface area contributed by atoms with Crippen LogP contribution in [0.5, 0.6) is 11.5 Å². The van der Waals surface area contributed by atoms with Crippen LogP contribution in [0.1, 0.15) is 47.7 Å². The first kappa shape index (κ1) is 19.9. The van der Waals surface area contributed by atoms with Crippen molar-refractivity contribution in [2.45, 2.75) is 38.1 Å². The highest BCUT2D eigenvalue weighted by molar-refractivity contribution is 5.94. The van der Waals surface area contributed by atoms with Gasteiger partial charge in [-0.2, -0.15) is 0 Å². The quantitative estimate of drug-likeness (QED) is 0.644. The Bertz CT molecular complexity index is 1040. The van der Waals surface area contributed by atoms with E-state index < -0.39 is 0 Å². The number of benzene rings is 2. The minimum absolute atomic E-state index is 0.0661. The van der Waals surface area contributed by atoms with Gasteiger partial charge in [-0.3, -0.25) is 14.2 Å². The molecule has 0 aliphatic heterocycles. The Labute approximate surface area is 175 Å². The van der Waals surface area contributed by atoms with Crippen LogP contribution in [-0.2, 0) is 6.54 Å². The lowest BCUT2D eigenvalue weighted by Gasteiger charge is -2.11. The summed E-state index contributed by atoms with van der Waals surface area (Å²) in [6, 6.07) is 18.1. The molecule has 6 heteroatoms. The van der Waals surface area contributed by atoms with Gasteiger partial charge >= 0.3 is 0 Å². The minimum atomic E-state index is -0.190. The second-order valence-electron chi connectivity index (χ2n) is 7.52. The molecule has 1 fully saturated rings. The molecular weight excluding hydrogens is 378 g/mol. The molecule has 0 spiro atoms. The molecule has 1 aromatic heterocycles. The standard InChI is InChI=1S/C24H25N3O3/c28-23-16-22(18-6-4-5-7-18)26-17-27(23)15-14-25-24(29)19-10-12-21(13-11-19)30-20-8-2-1-3-9-20/h1-3,8-13,16-18H,4-7,14-15H2,(H,25,29). The fourth-order valence-corrected chi connectivity index (χ4v) is 3.74. The van der Waals surface area contributed by atoms with Crippen molar-refractivity contribution in [2.24, 2.45) is 0 Å². The third-order valence-corrected chi connectivity index (χ3v) is 5.41. The molecule has 1 saturated carbocycles. The number of amides is 1. The molecule has 0 radical (unpaired) electrons. The summed E-state index contributed by atoms with van der Waals surface area (Å²) in [6.07, 6.45) is 6.24. The molecule has 4 rings (SSSR count). The zero-order chi connectivity index (χ0) is 20.8. The van der Waals surface area contributed by atoms with Gasteiger partial charge in [-0.15, -0.1) is 0 Å². The first-order valence-corrected chi connectivity index (χ1v) is 10.4. The van der Waals surface area contributed by atoms with Crippen molar-refractivity contribution >= 4 is 5.91 Å². The molecule has 1 amide bonds. The van der Waals surface area contributed by atoms with E-state index >= 15 is 0 Å². The van der Waals surface area contributed by atoms with Crippen LogP contribution in [0.2, 0.25) is 0 Å². The fourth-order valence-electron chi connectivity index (χ4n) is 3.74. The Morgan fingerprint density at radius 1 is 1.03 bits per heavy atom. The first-order valence-electron chi connectivity index (χ1n) is 10.4. The number of para-hydroxylation sites is 1. The third kappa shape index (κ3) is 4.95. The Kier molecular flexibility index (Phi) is 6.23. The van der Waals surface area contributed by atoms with Crippen molar-refractivity contribution in [1.29, 1.82) is 0 Å². The maximum atomic E-state index is 12.4. The van der Waals surface area contributed by atoms with E-state index in [1.165, 1.54) is 17.4 Å². The molecule has 0 bridgehead atoms. The van der Waals surface area contributed by atoms with Gasteiger partial charge in [-0.05, 0) is 49.2 Å². The molecule has 3 aromatic rings. The predicted octanol–water partition coefficient (Wildman–Crippen LogP) is 4.12.